The molecule has 0 radical (unpaired) electrons. The van der Waals surface area contributed by atoms with Crippen molar-refractivity contribution in [3.63, 3.8) is 0 Å². The molecule has 0 saturated heterocycles. The van der Waals surface area contributed by atoms with Crippen LogP contribution in [0.15, 0.2) is 35.0 Å². The molecule has 74 valence electrons. The van der Waals surface area contributed by atoms with Gasteiger partial charge in [-0.3, -0.25) is 0 Å². The summed E-state index contributed by atoms with van der Waals surface area (Å²) in [6.07, 6.45) is 4.10. The largest absolute Gasteiger partial charge is 0.475 e. The van der Waals surface area contributed by atoms with Gasteiger partial charge in [0.25, 0.3) is 0 Å². The third kappa shape index (κ3) is 1.95. The molecule has 0 fully saturated rings. The zero-order valence-corrected chi connectivity index (χ0v) is 7.31. The molecule has 0 atom stereocenters. The Morgan fingerprint density at radius 1 is 1.36 bits per heavy atom. The lowest BCUT2D eigenvalue weighted by atomic mass is 10.2. The van der Waals surface area contributed by atoms with Gasteiger partial charge in [-0.2, -0.15) is 0 Å². The minimum atomic E-state index is -1.12. The second-order valence-corrected chi connectivity index (χ2v) is 2.45. The summed E-state index contributed by atoms with van der Waals surface area (Å²) in [6, 6.07) is 2.87. The molecule has 0 aliphatic heterocycles. The Kier molecular flexibility index (Phi) is 2.96. The van der Waals surface area contributed by atoms with E-state index in [1.807, 2.05) is 0 Å². The lowest BCUT2D eigenvalue weighted by molar-refractivity contribution is 0.0662. The maximum absolute atomic E-state index is 10.5. The molecular weight excluding hydrogens is 184 g/mol. The van der Waals surface area contributed by atoms with E-state index in [0.29, 0.717) is 11.3 Å². The molecule has 0 aliphatic carbocycles. The van der Waals surface area contributed by atoms with Gasteiger partial charge < -0.3 is 21.0 Å². The van der Waals surface area contributed by atoms with Gasteiger partial charge in [0, 0.05) is 11.8 Å². The van der Waals surface area contributed by atoms with Crippen molar-refractivity contribution >= 4 is 11.5 Å². The summed E-state index contributed by atoms with van der Waals surface area (Å²) >= 11 is 0. The molecule has 0 bridgehead atoms. The van der Waals surface area contributed by atoms with Crippen LogP contribution >= 0.6 is 0 Å². The first-order valence-corrected chi connectivity index (χ1v) is 3.82. The van der Waals surface area contributed by atoms with Crippen LogP contribution in [0.2, 0.25) is 0 Å². The highest BCUT2D eigenvalue weighted by molar-refractivity contribution is 5.85. The summed E-state index contributed by atoms with van der Waals surface area (Å²) in [4.78, 5) is 10.5. The molecule has 0 saturated carbocycles. The first-order valence-electron chi connectivity index (χ1n) is 3.82. The minimum absolute atomic E-state index is 0.134. The van der Waals surface area contributed by atoms with Gasteiger partial charge in [-0.25, -0.2) is 4.79 Å². The molecule has 0 spiro atoms. The maximum Gasteiger partial charge on any atom is 0.371 e. The first kappa shape index (κ1) is 9.91. The quantitative estimate of drug-likeness (QED) is 0.616. The SMILES string of the molecule is N/C=C\C(=C/N)c1ccc(C(=O)O)o1. The number of hydrogen-bond acceptors (Lipinski definition) is 4. The van der Waals surface area contributed by atoms with Gasteiger partial charge in [0.2, 0.25) is 5.76 Å². The van der Waals surface area contributed by atoms with Crippen LogP contribution in [0.4, 0.5) is 0 Å². The van der Waals surface area contributed by atoms with Crippen LogP contribution in [0, 0.1) is 0 Å². The Labute approximate surface area is 80.3 Å². The Hall–Kier alpha value is -2.17. The predicted octanol–water partition coefficient (Wildman–Crippen LogP) is 0.750. The molecule has 0 amide bonds. The number of aromatic carboxylic acids is 1. The van der Waals surface area contributed by atoms with Crippen LogP contribution in [0.1, 0.15) is 16.3 Å². The number of rotatable bonds is 3. The molecule has 1 rings (SSSR count). The fraction of sp³-hybridized carbons (Fsp3) is 0. The van der Waals surface area contributed by atoms with Crippen LogP contribution in [0.25, 0.3) is 5.57 Å². The smallest absolute Gasteiger partial charge is 0.371 e. The normalized spacial score (nSPS) is 12.1. The minimum Gasteiger partial charge on any atom is -0.475 e. The fourth-order valence-electron chi connectivity index (χ4n) is 0.931. The lowest BCUT2D eigenvalue weighted by Crippen LogP contribution is -1.92. The number of carboxylic acid groups (broad SMARTS) is 1. The number of nitrogens with two attached hydrogens (primary N) is 2. The van der Waals surface area contributed by atoms with Gasteiger partial charge in [0.05, 0.1) is 0 Å². The van der Waals surface area contributed by atoms with Crippen molar-refractivity contribution in [2.24, 2.45) is 11.5 Å². The molecule has 1 aromatic heterocycles. The summed E-state index contributed by atoms with van der Waals surface area (Å²) in [5.41, 5.74) is 11.0. The second-order valence-electron chi connectivity index (χ2n) is 2.45. The molecule has 5 N–H and O–H groups in total. The number of hydrogen-bond donors (Lipinski definition) is 3. The molecular formula is C9H10N2O3. The zero-order chi connectivity index (χ0) is 10.6. The Bertz CT molecular complexity index is 391. The number of furan rings is 1. The summed E-state index contributed by atoms with van der Waals surface area (Å²) in [7, 11) is 0. The summed E-state index contributed by atoms with van der Waals surface area (Å²) < 4.78 is 5.00. The van der Waals surface area contributed by atoms with E-state index in [1.165, 1.54) is 30.6 Å². The average molecular weight is 194 g/mol. The average Bonchev–Trinajstić information content (AvgIpc) is 2.63. The monoisotopic (exact) mass is 194 g/mol. The van der Waals surface area contributed by atoms with Gasteiger partial charge in [-0.15, -0.1) is 0 Å². The maximum atomic E-state index is 10.5. The molecule has 5 heteroatoms. The highest BCUT2D eigenvalue weighted by Gasteiger charge is 2.10. The molecule has 0 unspecified atom stereocenters. The van der Waals surface area contributed by atoms with Crippen molar-refractivity contribution in [1.82, 2.24) is 0 Å². The van der Waals surface area contributed by atoms with Crippen LogP contribution in [-0.4, -0.2) is 11.1 Å². The number of carbonyl (C=O) groups is 1. The van der Waals surface area contributed by atoms with E-state index in [1.54, 1.807) is 0 Å². The van der Waals surface area contributed by atoms with Crippen molar-refractivity contribution < 1.29 is 14.3 Å². The number of carboxylic acids is 1. The predicted molar refractivity (Wildman–Crippen MR) is 51.2 cm³/mol. The van der Waals surface area contributed by atoms with Crippen LogP contribution < -0.4 is 11.5 Å². The van der Waals surface area contributed by atoms with Gasteiger partial charge in [0.1, 0.15) is 5.76 Å². The summed E-state index contributed by atoms with van der Waals surface area (Å²) in [5.74, 6) is -0.888. The van der Waals surface area contributed by atoms with Gasteiger partial charge in [-0.05, 0) is 24.4 Å². The number of allylic oxidation sites excluding steroid dienone is 2. The van der Waals surface area contributed by atoms with E-state index in [0.717, 1.165) is 0 Å². The van der Waals surface area contributed by atoms with E-state index in [-0.39, 0.29) is 5.76 Å². The molecule has 0 aromatic carbocycles. The van der Waals surface area contributed by atoms with Gasteiger partial charge >= 0.3 is 5.97 Å². The van der Waals surface area contributed by atoms with Crippen molar-refractivity contribution in [3.05, 3.63) is 42.1 Å². The van der Waals surface area contributed by atoms with Gasteiger partial charge in [-0.1, -0.05) is 0 Å². The molecule has 5 nitrogen and oxygen atoms in total. The second kappa shape index (κ2) is 4.18. The van der Waals surface area contributed by atoms with Crippen LogP contribution in [0.5, 0.6) is 0 Å². The third-order valence-electron chi connectivity index (χ3n) is 1.56. The summed E-state index contributed by atoms with van der Waals surface area (Å²) in [5, 5.41) is 8.60. The lowest BCUT2D eigenvalue weighted by Gasteiger charge is -1.94. The van der Waals surface area contributed by atoms with E-state index >= 15 is 0 Å². The van der Waals surface area contributed by atoms with Gasteiger partial charge in [0.15, 0.2) is 0 Å². The van der Waals surface area contributed by atoms with E-state index in [4.69, 9.17) is 21.0 Å². The van der Waals surface area contributed by atoms with E-state index in [2.05, 4.69) is 0 Å². The Morgan fingerprint density at radius 2 is 2.00 bits per heavy atom. The van der Waals surface area contributed by atoms with Crippen LogP contribution in [-0.2, 0) is 0 Å². The fourth-order valence-corrected chi connectivity index (χ4v) is 0.931. The molecule has 1 aromatic rings. The van der Waals surface area contributed by atoms with Crippen LogP contribution in [0.3, 0.4) is 0 Å². The Morgan fingerprint density at radius 3 is 2.43 bits per heavy atom. The molecule has 1 heterocycles. The van der Waals surface area contributed by atoms with Crippen molar-refractivity contribution in [2.75, 3.05) is 0 Å². The van der Waals surface area contributed by atoms with Crippen molar-refractivity contribution in [3.8, 4) is 0 Å². The molecule has 0 aliphatic rings. The first-order chi connectivity index (χ1) is 6.69. The third-order valence-corrected chi connectivity index (χ3v) is 1.56. The topological polar surface area (TPSA) is 102 Å². The highest BCUT2D eigenvalue weighted by Crippen LogP contribution is 2.17. The van der Waals surface area contributed by atoms with Crippen molar-refractivity contribution in [1.29, 1.82) is 0 Å². The zero-order valence-electron chi connectivity index (χ0n) is 7.31. The van der Waals surface area contributed by atoms with Crippen molar-refractivity contribution in [2.45, 2.75) is 0 Å². The van der Waals surface area contributed by atoms with E-state index in [9.17, 15) is 4.79 Å². The summed E-state index contributed by atoms with van der Waals surface area (Å²) in [6.45, 7) is 0. The Balaban J connectivity index is 3.01. The standard InChI is InChI=1S/C9H10N2O3/c10-4-3-6(5-11)7-1-2-8(14-7)9(12)13/h1-5H,10-11H2,(H,12,13)/b4-3-,6-5+. The van der Waals surface area contributed by atoms with E-state index < -0.39 is 5.97 Å². The highest BCUT2D eigenvalue weighted by atomic mass is 16.4. The molecule has 14 heavy (non-hydrogen) atoms.